The highest BCUT2D eigenvalue weighted by Crippen LogP contribution is 2.45. The number of halogens is 3. The first kappa shape index (κ1) is 17.6. The van der Waals surface area contributed by atoms with E-state index >= 15 is 0 Å². The van der Waals surface area contributed by atoms with Gasteiger partial charge in [0.1, 0.15) is 18.0 Å². The molecule has 134 valence electrons. The number of hydrogen-bond donors (Lipinski definition) is 0. The number of alkyl halides is 3. The molecule has 1 aromatic rings. The number of aromatic nitrogens is 2. The topological polar surface area (TPSA) is 32.3 Å². The Kier molecular flexibility index (Phi) is 4.86. The largest absolute Gasteiger partial charge is 0.392 e. The molecule has 1 unspecified atom stereocenters. The lowest BCUT2D eigenvalue weighted by Crippen LogP contribution is -2.51. The maximum Gasteiger partial charge on any atom is 0.392 e. The average molecular weight is 360 g/mol. The fourth-order valence-electron chi connectivity index (χ4n) is 3.63. The molecule has 3 rings (SSSR count). The minimum absolute atomic E-state index is 0.107. The van der Waals surface area contributed by atoms with Crippen LogP contribution >= 0.6 is 11.8 Å². The van der Waals surface area contributed by atoms with E-state index in [-0.39, 0.29) is 6.42 Å². The van der Waals surface area contributed by atoms with Crippen molar-refractivity contribution >= 4 is 23.4 Å². The molecule has 0 bridgehead atoms. The van der Waals surface area contributed by atoms with Crippen LogP contribution in [0.1, 0.15) is 20.3 Å². The third-order valence-electron chi connectivity index (χ3n) is 4.92. The highest BCUT2D eigenvalue weighted by molar-refractivity contribution is 7.99. The molecule has 0 radical (unpaired) electrons. The van der Waals surface area contributed by atoms with E-state index in [4.69, 9.17) is 0 Å². The Morgan fingerprint density at radius 3 is 2.29 bits per heavy atom. The van der Waals surface area contributed by atoms with Gasteiger partial charge in [0.2, 0.25) is 0 Å². The lowest BCUT2D eigenvalue weighted by Gasteiger charge is -2.45. The smallest absolute Gasteiger partial charge is 0.356 e. The van der Waals surface area contributed by atoms with Crippen molar-refractivity contribution in [3.05, 3.63) is 12.4 Å². The zero-order chi connectivity index (χ0) is 17.4. The lowest BCUT2D eigenvalue weighted by molar-refractivity contribution is -0.206. The van der Waals surface area contributed by atoms with Gasteiger partial charge in [-0.2, -0.15) is 24.9 Å². The summed E-state index contributed by atoms with van der Waals surface area (Å²) in [4.78, 5) is 12.8. The van der Waals surface area contributed by atoms with Crippen LogP contribution in [0.5, 0.6) is 0 Å². The fourth-order valence-corrected chi connectivity index (χ4v) is 4.54. The van der Waals surface area contributed by atoms with Crippen molar-refractivity contribution in [2.45, 2.75) is 26.4 Å². The molecule has 0 aliphatic carbocycles. The second kappa shape index (κ2) is 6.61. The minimum Gasteiger partial charge on any atom is -0.356 e. The van der Waals surface area contributed by atoms with Crippen LogP contribution in [-0.4, -0.2) is 53.8 Å². The van der Waals surface area contributed by atoms with Gasteiger partial charge in [-0.3, -0.25) is 0 Å². The molecular weight excluding hydrogens is 337 g/mol. The Morgan fingerprint density at radius 2 is 1.71 bits per heavy atom. The lowest BCUT2D eigenvalue weighted by atomic mass is 9.73. The third kappa shape index (κ3) is 3.73. The van der Waals surface area contributed by atoms with Crippen molar-refractivity contribution in [3.8, 4) is 0 Å². The van der Waals surface area contributed by atoms with Gasteiger partial charge in [0.15, 0.2) is 0 Å². The fraction of sp³-hybridized carbons (Fsp3) is 0.750. The molecule has 24 heavy (non-hydrogen) atoms. The predicted octanol–water partition coefficient (Wildman–Crippen LogP) is 3.44. The van der Waals surface area contributed by atoms with E-state index in [2.05, 4.69) is 14.9 Å². The summed E-state index contributed by atoms with van der Waals surface area (Å²) >= 11 is 1.93. The number of hydrogen-bond acceptors (Lipinski definition) is 5. The van der Waals surface area contributed by atoms with Gasteiger partial charge >= 0.3 is 6.18 Å². The number of anilines is 2. The van der Waals surface area contributed by atoms with Gasteiger partial charge in [0.05, 0.1) is 5.92 Å². The zero-order valence-electron chi connectivity index (χ0n) is 14.0. The first-order chi connectivity index (χ1) is 11.3. The molecule has 2 aliphatic heterocycles. The van der Waals surface area contributed by atoms with E-state index in [1.165, 1.54) is 6.33 Å². The average Bonchev–Trinajstić information content (AvgIpc) is 2.53. The van der Waals surface area contributed by atoms with Gasteiger partial charge in [0.25, 0.3) is 0 Å². The van der Waals surface area contributed by atoms with Crippen LogP contribution < -0.4 is 9.80 Å². The van der Waals surface area contributed by atoms with Gasteiger partial charge in [-0.05, 0) is 11.8 Å². The summed E-state index contributed by atoms with van der Waals surface area (Å²) < 4.78 is 39.7. The van der Waals surface area contributed by atoms with Crippen LogP contribution in [0.25, 0.3) is 0 Å². The van der Waals surface area contributed by atoms with E-state index in [9.17, 15) is 13.2 Å². The molecule has 0 spiro atoms. The van der Waals surface area contributed by atoms with E-state index in [0.717, 1.165) is 36.2 Å². The summed E-state index contributed by atoms with van der Waals surface area (Å²) in [5.74, 6) is 2.48. The van der Waals surface area contributed by atoms with Crippen LogP contribution in [0, 0.1) is 11.3 Å². The maximum absolute atomic E-state index is 13.2. The summed E-state index contributed by atoms with van der Waals surface area (Å²) in [6, 6.07) is 1.92. The van der Waals surface area contributed by atoms with Crippen molar-refractivity contribution in [2.24, 2.45) is 11.3 Å². The Balaban J connectivity index is 1.76. The standard InChI is InChI=1S/C16H23F3N4S/c1-15(2)10-23(4-3-12(15)16(17,18)19)14-9-13(20-11-21-14)22-5-7-24-8-6-22/h9,11-12H,3-8,10H2,1-2H3. The van der Waals surface area contributed by atoms with Gasteiger partial charge in [0, 0.05) is 43.8 Å². The maximum atomic E-state index is 13.2. The molecular formula is C16H23F3N4S. The minimum atomic E-state index is -4.14. The van der Waals surface area contributed by atoms with E-state index in [1.807, 2.05) is 22.7 Å². The number of nitrogens with zero attached hydrogens (tertiary/aromatic N) is 4. The summed E-state index contributed by atoms with van der Waals surface area (Å²) in [6.45, 7) is 6.01. The van der Waals surface area contributed by atoms with Crippen molar-refractivity contribution < 1.29 is 13.2 Å². The van der Waals surface area contributed by atoms with Crippen LogP contribution in [0.15, 0.2) is 12.4 Å². The van der Waals surface area contributed by atoms with Gasteiger partial charge in [-0.25, -0.2) is 9.97 Å². The van der Waals surface area contributed by atoms with Crippen LogP contribution in [0.3, 0.4) is 0 Å². The predicted molar refractivity (Wildman–Crippen MR) is 91.7 cm³/mol. The van der Waals surface area contributed by atoms with Crippen LogP contribution in [0.4, 0.5) is 24.8 Å². The molecule has 4 nitrogen and oxygen atoms in total. The second-order valence-electron chi connectivity index (χ2n) is 7.13. The molecule has 0 amide bonds. The van der Waals surface area contributed by atoms with E-state index < -0.39 is 17.5 Å². The number of piperidine rings is 1. The molecule has 3 heterocycles. The monoisotopic (exact) mass is 360 g/mol. The summed E-state index contributed by atoms with van der Waals surface area (Å²) in [6.07, 6.45) is -2.51. The molecule has 8 heteroatoms. The Labute approximate surface area is 144 Å². The third-order valence-corrected chi connectivity index (χ3v) is 5.86. The highest BCUT2D eigenvalue weighted by Gasteiger charge is 2.51. The molecule has 2 aliphatic rings. The summed E-state index contributed by atoms with van der Waals surface area (Å²) in [5.41, 5.74) is -0.830. The van der Waals surface area contributed by atoms with E-state index in [0.29, 0.717) is 13.1 Å². The number of thioether (sulfide) groups is 1. The Bertz CT molecular complexity index is 573. The van der Waals surface area contributed by atoms with Crippen LogP contribution in [-0.2, 0) is 0 Å². The Morgan fingerprint density at radius 1 is 1.08 bits per heavy atom. The molecule has 0 aromatic carbocycles. The highest BCUT2D eigenvalue weighted by atomic mass is 32.2. The summed E-state index contributed by atoms with van der Waals surface area (Å²) in [7, 11) is 0. The van der Waals surface area contributed by atoms with Crippen molar-refractivity contribution in [3.63, 3.8) is 0 Å². The molecule has 1 atom stereocenters. The second-order valence-corrected chi connectivity index (χ2v) is 8.35. The van der Waals surface area contributed by atoms with E-state index in [1.54, 1.807) is 13.8 Å². The van der Waals surface area contributed by atoms with Crippen molar-refractivity contribution in [2.75, 3.05) is 47.5 Å². The van der Waals surface area contributed by atoms with Crippen LogP contribution in [0.2, 0.25) is 0 Å². The van der Waals surface area contributed by atoms with Crippen molar-refractivity contribution in [1.29, 1.82) is 0 Å². The van der Waals surface area contributed by atoms with Crippen molar-refractivity contribution in [1.82, 2.24) is 9.97 Å². The quantitative estimate of drug-likeness (QED) is 0.807. The SMILES string of the molecule is CC1(C)CN(c2cc(N3CCSCC3)ncn2)CCC1C(F)(F)F. The molecule has 2 fully saturated rings. The van der Waals surface area contributed by atoms with Gasteiger partial charge in [-0.15, -0.1) is 0 Å². The molecule has 1 aromatic heterocycles. The van der Waals surface area contributed by atoms with Gasteiger partial charge < -0.3 is 9.80 Å². The normalized spacial score (nSPS) is 25.0. The Hall–Kier alpha value is -1.18. The van der Waals surface area contributed by atoms with Gasteiger partial charge in [-0.1, -0.05) is 13.8 Å². The zero-order valence-corrected chi connectivity index (χ0v) is 14.8. The first-order valence-electron chi connectivity index (χ1n) is 8.24. The molecule has 0 N–H and O–H groups in total. The number of rotatable bonds is 2. The molecule has 0 saturated carbocycles. The first-order valence-corrected chi connectivity index (χ1v) is 9.39. The molecule has 2 saturated heterocycles. The summed E-state index contributed by atoms with van der Waals surface area (Å²) in [5, 5.41) is 0.